The number of hydrogen-bond acceptors (Lipinski definition) is 4. The van der Waals surface area contributed by atoms with Crippen LogP contribution < -0.4 is 11.3 Å². The van der Waals surface area contributed by atoms with E-state index >= 15 is 0 Å². The monoisotopic (exact) mass is 167 g/mol. The predicted molar refractivity (Wildman–Crippen MR) is 39.7 cm³/mol. The Kier molecular flexibility index (Phi) is 3.80. The van der Waals surface area contributed by atoms with Crippen LogP contribution >= 0.6 is 0 Å². The van der Waals surface area contributed by atoms with Crippen molar-refractivity contribution in [1.29, 1.82) is 0 Å². The summed E-state index contributed by atoms with van der Waals surface area (Å²) < 4.78 is 23.0. The molecular weight excluding hydrogens is 154 g/mol. The second kappa shape index (κ2) is 3.87. The van der Waals surface area contributed by atoms with Gasteiger partial charge < -0.3 is 0 Å². The van der Waals surface area contributed by atoms with E-state index in [0.29, 0.717) is 0 Å². The molecule has 5 nitrogen and oxygen atoms in total. The summed E-state index contributed by atoms with van der Waals surface area (Å²) in [4.78, 5) is 0. The van der Waals surface area contributed by atoms with Crippen LogP contribution in [-0.2, 0) is 10.0 Å². The summed E-state index contributed by atoms with van der Waals surface area (Å²) in [7, 11) is -0.0857. The lowest BCUT2D eigenvalue weighted by molar-refractivity contribution is 0.518. The number of nitrogens with zero attached hydrogens (tertiary/aromatic N) is 1. The number of hydrazine groups is 1. The van der Waals surface area contributed by atoms with Crippen LogP contribution in [-0.4, -0.2) is 39.1 Å². The van der Waals surface area contributed by atoms with E-state index in [-0.39, 0.29) is 12.3 Å². The van der Waals surface area contributed by atoms with Gasteiger partial charge in [0.15, 0.2) is 0 Å². The van der Waals surface area contributed by atoms with Crippen molar-refractivity contribution < 1.29 is 8.42 Å². The van der Waals surface area contributed by atoms with Crippen LogP contribution in [0.15, 0.2) is 0 Å². The van der Waals surface area contributed by atoms with Crippen molar-refractivity contribution in [3.8, 4) is 0 Å². The number of rotatable bonds is 4. The molecular formula is C4H13N3O2S. The van der Waals surface area contributed by atoms with E-state index in [9.17, 15) is 8.42 Å². The van der Waals surface area contributed by atoms with Crippen molar-refractivity contribution in [2.45, 2.75) is 0 Å². The van der Waals surface area contributed by atoms with Crippen molar-refractivity contribution in [2.75, 3.05) is 26.4 Å². The maximum Gasteiger partial charge on any atom is 0.214 e. The van der Waals surface area contributed by atoms with E-state index in [1.807, 2.05) is 0 Å². The molecule has 0 atom stereocenters. The summed E-state index contributed by atoms with van der Waals surface area (Å²) >= 11 is 0. The molecule has 0 aromatic heterocycles. The van der Waals surface area contributed by atoms with E-state index in [4.69, 9.17) is 5.84 Å². The van der Waals surface area contributed by atoms with E-state index in [1.54, 1.807) is 0 Å². The molecule has 0 unspecified atom stereocenters. The second-order valence-electron chi connectivity index (χ2n) is 2.05. The van der Waals surface area contributed by atoms with E-state index < -0.39 is 10.0 Å². The quantitative estimate of drug-likeness (QED) is 0.388. The van der Waals surface area contributed by atoms with E-state index in [1.165, 1.54) is 18.4 Å². The minimum Gasteiger partial charge on any atom is -0.271 e. The summed E-state index contributed by atoms with van der Waals surface area (Å²) in [5.74, 6) is 4.94. The summed E-state index contributed by atoms with van der Waals surface area (Å²) in [6, 6.07) is 0. The number of nitrogens with two attached hydrogens (primary N) is 1. The fourth-order valence-corrected chi connectivity index (χ4v) is 1.11. The molecule has 0 aromatic carbocycles. The Labute approximate surface area is 61.2 Å². The molecule has 10 heavy (non-hydrogen) atoms. The van der Waals surface area contributed by atoms with Gasteiger partial charge in [-0.3, -0.25) is 11.3 Å². The fourth-order valence-electron chi connectivity index (χ4n) is 0.370. The van der Waals surface area contributed by atoms with Crippen LogP contribution in [0.1, 0.15) is 0 Å². The average molecular weight is 167 g/mol. The maximum absolute atomic E-state index is 10.9. The predicted octanol–water partition coefficient (Wildman–Crippen LogP) is -1.66. The minimum atomic E-state index is -3.07. The van der Waals surface area contributed by atoms with Crippen molar-refractivity contribution in [3.05, 3.63) is 0 Å². The first-order valence-corrected chi connectivity index (χ1v) is 4.45. The highest BCUT2D eigenvalue weighted by Gasteiger charge is 2.11. The van der Waals surface area contributed by atoms with Crippen molar-refractivity contribution in [2.24, 2.45) is 5.84 Å². The maximum atomic E-state index is 10.9. The highest BCUT2D eigenvalue weighted by atomic mass is 32.2. The van der Waals surface area contributed by atoms with Crippen LogP contribution in [0.4, 0.5) is 0 Å². The van der Waals surface area contributed by atoms with Gasteiger partial charge in [-0.05, 0) is 0 Å². The summed E-state index contributed by atoms with van der Waals surface area (Å²) in [5.41, 5.74) is 2.27. The van der Waals surface area contributed by atoms with Gasteiger partial charge in [0.2, 0.25) is 10.0 Å². The van der Waals surface area contributed by atoms with Gasteiger partial charge in [-0.25, -0.2) is 12.7 Å². The Morgan fingerprint density at radius 2 is 2.00 bits per heavy atom. The van der Waals surface area contributed by atoms with Gasteiger partial charge in [-0.1, -0.05) is 0 Å². The second-order valence-corrected chi connectivity index (χ2v) is 4.35. The van der Waals surface area contributed by atoms with Gasteiger partial charge >= 0.3 is 0 Å². The van der Waals surface area contributed by atoms with Gasteiger partial charge in [-0.15, -0.1) is 0 Å². The molecule has 0 aromatic rings. The van der Waals surface area contributed by atoms with Crippen LogP contribution in [0, 0.1) is 0 Å². The van der Waals surface area contributed by atoms with Crippen molar-refractivity contribution >= 4 is 10.0 Å². The molecule has 0 aliphatic rings. The number of sulfonamides is 1. The largest absolute Gasteiger partial charge is 0.271 e. The molecule has 0 bridgehead atoms. The van der Waals surface area contributed by atoms with Gasteiger partial charge in [0.25, 0.3) is 0 Å². The number of hydrogen-bond donors (Lipinski definition) is 2. The lowest BCUT2D eigenvalue weighted by atomic mass is 10.8. The molecule has 6 heteroatoms. The molecule has 0 spiro atoms. The molecule has 3 N–H and O–H groups in total. The Morgan fingerprint density at radius 3 is 2.30 bits per heavy atom. The Balaban J connectivity index is 3.90. The van der Waals surface area contributed by atoms with Gasteiger partial charge in [0, 0.05) is 20.6 Å². The number of nitrogens with one attached hydrogen (secondary N) is 1. The Bertz CT molecular complexity index is 175. The normalized spacial score (nSPS) is 12.4. The van der Waals surface area contributed by atoms with E-state index in [2.05, 4.69) is 5.43 Å². The average Bonchev–Trinajstić information content (AvgIpc) is 1.84. The Morgan fingerprint density at radius 1 is 1.50 bits per heavy atom. The van der Waals surface area contributed by atoms with Crippen LogP contribution in [0.5, 0.6) is 0 Å². The molecule has 0 aliphatic heterocycles. The molecule has 0 saturated heterocycles. The molecule has 0 amide bonds. The molecule has 0 rings (SSSR count). The third kappa shape index (κ3) is 3.11. The first kappa shape index (κ1) is 9.83. The first-order chi connectivity index (χ1) is 4.50. The smallest absolute Gasteiger partial charge is 0.214 e. The Hall–Kier alpha value is -0.170. The van der Waals surface area contributed by atoms with Crippen LogP contribution in [0.25, 0.3) is 0 Å². The molecule has 0 aliphatic carbocycles. The zero-order valence-electron chi connectivity index (χ0n) is 6.16. The molecule has 0 saturated carbocycles. The highest BCUT2D eigenvalue weighted by molar-refractivity contribution is 7.89. The summed E-state index contributed by atoms with van der Waals surface area (Å²) in [6.45, 7) is 0.278. The topological polar surface area (TPSA) is 75.4 Å². The lowest BCUT2D eigenvalue weighted by Crippen LogP contribution is -2.33. The zero-order valence-corrected chi connectivity index (χ0v) is 6.98. The zero-order chi connectivity index (χ0) is 8.20. The SMILES string of the molecule is CN(C)S(=O)(=O)CCNN. The fraction of sp³-hybridized carbons (Fsp3) is 1.00. The van der Waals surface area contributed by atoms with Crippen molar-refractivity contribution in [1.82, 2.24) is 9.73 Å². The molecule has 0 fully saturated rings. The van der Waals surface area contributed by atoms with Gasteiger partial charge in [0.1, 0.15) is 0 Å². The van der Waals surface area contributed by atoms with Gasteiger partial charge in [0.05, 0.1) is 5.75 Å². The van der Waals surface area contributed by atoms with Crippen LogP contribution in [0.2, 0.25) is 0 Å². The minimum absolute atomic E-state index is 0.0382. The third-order valence-corrected chi connectivity index (χ3v) is 2.89. The third-order valence-electron chi connectivity index (χ3n) is 1.06. The van der Waals surface area contributed by atoms with E-state index in [0.717, 1.165) is 0 Å². The summed E-state index contributed by atoms with van der Waals surface area (Å²) in [5, 5.41) is 0. The standard InChI is InChI=1S/C4H13N3O2S/c1-7(2)10(8,9)4-3-6-5/h6H,3-5H2,1-2H3. The first-order valence-electron chi connectivity index (χ1n) is 2.84. The van der Waals surface area contributed by atoms with Gasteiger partial charge in [-0.2, -0.15) is 0 Å². The molecule has 0 radical (unpaired) electrons. The van der Waals surface area contributed by atoms with Crippen LogP contribution in [0.3, 0.4) is 0 Å². The lowest BCUT2D eigenvalue weighted by Gasteiger charge is -2.09. The highest BCUT2D eigenvalue weighted by Crippen LogP contribution is 1.90. The molecule has 62 valence electrons. The van der Waals surface area contributed by atoms with Crippen molar-refractivity contribution in [3.63, 3.8) is 0 Å². The summed E-state index contributed by atoms with van der Waals surface area (Å²) in [6.07, 6.45) is 0. The molecule has 0 heterocycles.